The molecular weight excluding hydrogens is 260 g/mol. The number of sulfonamides is 1. The largest absolute Gasteiger partial charge is 0.352 e. The van der Waals surface area contributed by atoms with E-state index in [-0.39, 0.29) is 9.73 Å². The second kappa shape index (κ2) is 5.57. The lowest BCUT2D eigenvalue weighted by molar-refractivity contribution is 0.328. The number of thioether (sulfide) groups is 1. The molecule has 0 aromatic rings. The van der Waals surface area contributed by atoms with Gasteiger partial charge >= 0.3 is 0 Å². The quantitative estimate of drug-likeness (QED) is 0.712. The van der Waals surface area contributed by atoms with Crippen LogP contribution in [-0.4, -0.2) is 57.9 Å². The summed E-state index contributed by atoms with van der Waals surface area (Å²) in [5.41, 5.74) is 0.628. The zero-order valence-corrected chi connectivity index (χ0v) is 12.2. The number of nitrogens with two attached hydrogens (primary N) is 1. The van der Waals surface area contributed by atoms with Gasteiger partial charge in [0.1, 0.15) is 9.73 Å². The van der Waals surface area contributed by atoms with Crippen LogP contribution in [0.1, 0.15) is 6.92 Å². The highest BCUT2D eigenvalue weighted by molar-refractivity contribution is 8.18. The van der Waals surface area contributed by atoms with E-state index in [9.17, 15) is 8.42 Å². The standard InChI is InChI=1S/C9H20N4O2S2/c1-7-8(17(10,14)15)16-9(13(7)4)11-5-6-12(2)3/h9,11H,5-6H2,1-4H3,(H2,10,14,15). The first kappa shape index (κ1) is 14.8. The molecule has 1 aliphatic rings. The maximum Gasteiger partial charge on any atom is 0.245 e. The van der Waals surface area contributed by atoms with Gasteiger partial charge in [-0.25, -0.2) is 13.6 Å². The van der Waals surface area contributed by atoms with Crippen molar-refractivity contribution in [3.8, 4) is 0 Å². The van der Waals surface area contributed by atoms with Crippen molar-refractivity contribution >= 4 is 21.8 Å². The van der Waals surface area contributed by atoms with E-state index < -0.39 is 10.0 Å². The van der Waals surface area contributed by atoms with E-state index in [2.05, 4.69) is 10.2 Å². The molecule has 0 fully saturated rings. The van der Waals surface area contributed by atoms with Crippen LogP contribution in [0.15, 0.2) is 9.93 Å². The van der Waals surface area contributed by atoms with Crippen LogP contribution in [0.25, 0.3) is 0 Å². The molecule has 3 N–H and O–H groups in total. The summed E-state index contributed by atoms with van der Waals surface area (Å²) in [6, 6.07) is 0. The number of allylic oxidation sites excluding steroid dienone is 1. The molecule has 0 saturated carbocycles. The third-order valence-corrected chi connectivity index (χ3v) is 5.54. The minimum Gasteiger partial charge on any atom is -0.352 e. The Hall–Kier alpha value is -0.280. The molecule has 0 aliphatic carbocycles. The van der Waals surface area contributed by atoms with Crippen LogP contribution < -0.4 is 10.5 Å². The van der Waals surface area contributed by atoms with Gasteiger partial charge in [0, 0.05) is 25.8 Å². The second-order valence-corrected chi connectivity index (χ2v) is 7.10. The minimum atomic E-state index is -3.61. The molecule has 1 aliphatic heterocycles. The molecule has 100 valence electrons. The molecule has 1 rings (SSSR count). The van der Waals surface area contributed by atoms with Crippen LogP contribution in [0, 0.1) is 0 Å². The van der Waals surface area contributed by atoms with Gasteiger partial charge in [0.25, 0.3) is 0 Å². The third kappa shape index (κ3) is 3.85. The zero-order valence-electron chi connectivity index (χ0n) is 10.6. The first-order valence-electron chi connectivity index (χ1n) is 5.24. The van der Waals surface area contributed by atoms with E-state index in [1.807, 2.05) is 26.0 Å². The Bertz CT molecular complexity index is 405. The minimum absolute atomic E-state index is 0.0664. The third-order valence-electron chi connectivity index (χ3n) is 2.53. The molecule has 1 unspecified atom stereocenters. The lowest BCUT2D eigenvalue weighted by Gasteiger charge is -2.24. The second-order valence-electron chi connectivity index (χ2n) is 4.26. The maximum atomic E-state index is 11.4. The van der Waals surface area contributed by atoms with Crippen molar-refractivity contribution in [1.82, 2.24) is 15.1 Å². The molecule has 8 heteroatoms. The van der Waals surface area contributed by atoms with Crippen molar-refractivity contribution in [3.63, 3.8) is 0 Å². The SMILES string of the molecule is CC1=C(S(N)(=O)=O)SC(NCCN(C)C)N1C. The fourth-order valence-electron chi connectivity index (χ4n) is 1.45. The molecule has 0 amide bonds. The average molecular weight is 280 g/mol. The normalized spacial score (nSPS) is 21.8. The first-order chi connectivity index (χ1) is 7.73. The number of nitrogens with zero attached hydrogens (tertiary/aromatic N) is 2. The van der Waals surface area contributed by atoms with Gasteiger partial charge in [0.2, 0.25) is 10.0 Å². The van der Waals surface area contributed by atoms with Crippen LogP contribution in [0.2, 0.25) is 0 Å². The van der Waals surface area contributed by atoms with Gasteiger partial charge in [-0.3, -0.25) is 5.32 Å². The highest BCUT2D eigenvalue weighted by Crippen LogP contribution is 2.37. The summed E-state index contributed by atoms with van der Waals surface area (Å²) < 4.78 is 23.0. The number of rotatable bonds is 5. The van der Waals surface area contributed by atoms with Crippen LogP contribution in [0.4, 0.5) is 0 Å². The summed E-state index contributed by atoms with van der Waals surface area (Å²) in [6.07, 6.45) is 0. The molecule has 0 saturated heterocycles. The van der Waals surface area contributed by atoms with Gasteiger partial charge in [-0.15, -0.1) is 0 Å². The van der Waals surface area contributed by atoms with E-state index >= 15 is 0 Å². The molecular formula is C9H20N4O2S2. The topological polar surface area (TPSA) is 78.7 Å². The van der Waals surface area contributed by atoms with Crippen molar-refractivity contribution in [2.75, 3.05) is 34.2 Å². The summed E-state index contributed by atoms with van der Waals surface area (Å²) >= 11 is 1.25. The molecule has 17 heavy (non-hydrogen) atoms. The Kier molecular flexibility index (Phi) is 4.85. The van der Waals surface area contributed by atoms with Crippen LogP contribution >= 0.6 is 11.8 Å². The molecule has 0 aromatic heterocycles. The number of nitrogens with one attached hydrogen (secondary N) is 1. The monoisotopic (exact) mass is 280 g/mol. The molecule has 6 nitrogen and oxygen atoms in total. The summed E-state index contributed by atoms with van der Waals surface area (Å²) in [6.45, 7) is 3.45. The van der Waals surface area contributed by atoms with Crippen LogP contribution in [0.3, 0.4) is 0 Å². The number of likely N-dealkylation sites (N-methyl/N-ethyl adjacent to an activating group) is 1. The Morgan fingerprint density at radius 2 is 2.12 bits per heavy atom. The van der Waals surface area contributed by atoms with Crippen molar-refractivity contribution in [2.24, 2.45) is 5.14 Å². The van der Waals surface area contributed by atoms with Crippen molar-refractivity contribution in [3.05, 3.63) is 9.93 Å². The fourth-order valence-corrected chi connectivity index (χ4v) is 3.85. The molecule has 0 bridgehead atoms. The van der Waals surface area contributed by atoms with E-state index in [0.29, 0.717) is 5.70 Å². The molecule has 0 aromatic carbocycles. The van der Waals surface area contributed by atoms with Gasteiger partial charge in [-0.1, -0.05) is 11.8 Å². The van der Waals surface area contributed by atoms with Crippen LogP contribution in [0.5, 0.6) is 0 Å². The van der Waals surface area contributed by atoms with Gasteiger partial charge < -0.3 is 9.80 Å². The Labute approximate surface area is 107 Å². The summed E-state index contributed by atoms with van der Waals surface area (Å²) in [4.78, 5) is 3.95. The molecule has 1 atom stereocenters. The average Bonchev–Trinajstić information content (AvgIpc) is 2.44. The molecule has 1 heterocycles. The predicted octanol–water partition coefficient (Wildman–Crippen LogP) is -0.423. The van der Waals surface area contributed by atoms with E-state index in [0.717, 1.165) is 13.1 Å². The van der Waals surface area contributed by atoms with Crippen LogP contribution in [-0.2, 0) is 10.0 Å². The summed E-state index contributed by atoms with van der Waals surface area (Å²) in [5, 5.41) is 8.44. The van der Waals surface area contributed by atoms with E-state index in [4.69, 9.17) is 5.14 Å². The van der Waals surface area contributed by atoms with E-state index in [1.54, 1.807) is 6.92 Å². The van der Waals surface area contributed by atoms with Crippen molar-refractivity contribution in [2.45, 2.75) is 12.4 Å². The number of hydrogen-bond donors (Lipinski definition) is 2. The zero-order chi connectivity index (χ0) is 13.2. The van der Waals surface area contributed by atoms with Crippen molar-refractivity contribution < 1.29 is 8.42 Å². The Morgan fingerprint density at radius 1 is 1.53 bits per heavy atom. The van der Waals surface area contributed by atoms with Gasteiger partial charge in [-0.05, 0) is 21.0 Å². The fraction of sp³-hybridized carbons (Fsp3) is 0.778. The van der Waals surface area contributed by atoms with Gasteiger partial charge in [0.05, 0.1) is 0 Å². The first-order valence-corrected chi connectivity index (χ1v) is 7.67. The van der Waals surface area contributed by atoms with Gasteiger partial charge in [0.15, 0.2) is 0 Å². The maximum absolute atomic E-state index is 11.4. The lowest BCUT2D eigenvalue weighted by Crippen LogP contribution is -2.40. The Morgan fingerprint density at radius 3 is 2.53 bits per heavy atom. The highest BCUT2D eigenvalue weighted by Gasteiger charge is 2.32. The predicted molar refractivity (Wildman–Crippen MR) is 71.5 cm³/mol. The number of primary sulfonamides is 1. The Balaban J connectivity index is 2.61. The summed E-state index contributed by atoms with van der Waals surface area (Å²) in [7, 11) is 2.23. The van der Waals surface area contributed by atoms with Gasteiger partial charge in [-0.2, -0.15) is 0 Å². The molecule has 0 radical (unpaired) electrons. The smallest absolute Gasteiger partial charge is 0.245 e. The number of hydrogen-bond acceptors (Lipinski definition) is 6. The van der Waals surface area contributed by atoms with Crippen molar-refractivity contribution in [1.29, 1.82) is 0 Å². The highest BCUT2D eigenvalue weighted by atomic mass is 32.3. The molecule has 0 spiro atoms. The lowest BCUT2D eigenvalue weighted by atomic mass is 10.5. The van der Waals surface area contributed by atoms with E-state index in [1.165, 1.54) is 11.8 Å². The summed E-state index contributed by atoms with van der Waals surface area (Å²) in [5.74, 6) is 0.